The maximum atomic E-state index is 13.3. The number of nitrogens with zero attached hydrogens (tertiary/aromatic N) is 2. The van der Waals surface area contributed by atoms with Gasteiger partial charge in [0, 0.05) is 11.8 Å². The smallest absolute Gasteiger partial charge is 0.200 e. The lowest BCUT2D eigenvalue weighted by molar-refractivity contribution is 0.407. The van der Waals surface area contributed by atoms with Crippen LogP contribution in [-0.4, -0.2) is 14.9 Å². The quantitative estimate of drug-likeness (QED) is 0.775. The Labute approximate surface area is 113 Å². The second-order valence-electron chi connectivity index (χ2n) is 4.30. The summed E-state index contributed by atoms with van der Waals surface area (Å²) in [4.78, 5) is 0. The molecule has 0 radical (unpaired) electrons. The van der Waals surface area contributed by atoms with Gasteiger partial charge >= 0.3 is 0 Å². The molecule has 0 saturated heterocycles. The molecular formula is C15H10F2N2O. The SMILES string of the molecule is Oc1cc(-c2cnn(-c3ccccc3)c2)cc(F)c1F. The number of hydrogen-bond acceptors (Lipinski definition) is 2. The number of hydrogen-bond donors (Lipinski definition) is 1. The van der Waals surface area contributed by atoms with Crippen molar-refractivity contribution in [1.82, 2.24) is 9.78 Å². The van der Waals surface area contributed by atoms with Crippen molar-refractivity contribution < 1.29 is 13.9 Å². The zero-order valence-corrected chi connectivity index (χ0v) is 10.3. The summed E-state index contributed by atoms with van der Waals surface area (Å²) in [5.41, 5.74) is 1.80. The van der Waals surface area contributed by atoms with Gasteiger partial charge in [-0.2, -0.15) is 9.49 Å². The highest BCUT2D eigenvalue weighted by molar-refractivity contribution is 5.64. The lowest BCUT2D eigenvalue weighted by atomic mass is 10.1. The molecule has 1 N–H and O–H groups in total. The fraction of sp³-hybridized carbons (Fsp3) is 0. The number of benzene rings is 2. The number of phenols is 1. The van der Waals surface area contributed by atoms with Crippen LogP contribution >= 0.6 is 0 Å². The molecule has 0 atom stereocenters. The molecule has 3 nitrogen and oxygen atoms in total. The highest BCUT2D eigenvalue weighted by Gasteiger charge is 2.12. The van der Waals surface area contributed by atoms with E-state index in [1.165, 1.54) is 12.3 Å². The van der Waals surface area contributed by atoms with Crippen molar-refractivity contribution in [2.24, 2.45) is 0 Å². The molecule has 5 heteroatoms. The number of phenolic OH excluding ortho intramolecular Hbond substituents is 1. The molecule has 1 aromatic heterocycles. The topological polar surface area (TPSA) is 38.1 Å². The van der Waals surface area contributed by atoms with Crippen LogP contribution in [0.1, 0.15) is 0 Å². The normalized spacial score (nSPS) is 10.7. The van der Waals surface area contributed by atoms with Crippen LogP contribution in [0.4, 0.5) is 8.78 Å². The van der Waals surface area contributed by atoms with Crippen molar-refractivity contribution in [2.45, 2.75) is 0 Å². The molecule has 0 spiro atoms. The first-order valence-electron chi connectivity index (χ1n) is 5.93. The van der Waals surface area contributed by atoms with E-state index in [-0.39, 0.29) is 0 Å². The van der Waals surface area contributed by atoms with E-state index in [2.05, 4.69) is 5.10 Å². The van der Waals surface area contributed by atoms with Crippen molar-refractivity contribution in [3.05, 3.63) is 66.5 Å². The molecule has 3 aromatic rings. The monoisotopic (exact) mass is 272 g/mol. The minimum atomic E-state index is -1.25. The van der Waals surface area contributed by atoms with Crippen LogP contribution in [0.25, 0.3) is 16.8 Å². The summed E-state index contributed by atoms with van der Waals surface area (Å²) in [5.74, 6) is -3.05. The van der Waals surface area contributed by atoms with Crippen LogP contribution in [0.5, 0.6) is 5.75 Å². The van der Waals surface area contributed by atoms with Crippen LogP contribution in [0.2, 0.25) is 0 Å². The molecule has 2 aromatic carbocycles. The van der Waals surface area contributed by atoms with Gasteiger partial charge in [0.2, 0.25) is 0 Å². The second-order valence-corrected chi connectivity index (χ2v) is 4.30. The van der Waals surface area contributed by atoms with E-state index < -0.39 is 17.4 Å². The molecule has 3 rings (SSSR count). The minimum Gasteiger partial charge on any atom is -0.505 e. The van der Waals surface area contributed by atoms with Gasteiger partial charge in [0.15, 0.2) is 17.4 Å². The van der Waals surface area contributed by atoms with Gasteiger partial charge < -0.3 is 5.11 Å². The summed E-state index contributed by atoms with van der Waals surface area (Å²) in [6.07, 6.45) is 3.21. The first kappa shape index (κ1) is 12.3. The largest absolute Gasteiger partial charge is 0.505 e. The van der Waals surface area contributed by atoms with Crippen LogP contribution in [0, 0.1) is 11.6 Å². The van der Waals surface area contributed by atoms with Crippen LogP contribution in [0.15, 0.2) is 54.9 Å². The Balaban J connectivity index is 2.03. The Morgan fingerprint density at radius 2 is 1.75 bits per heavy atom. The Hall–Kier alpha value is -2.69. The van der Waals surface area contributed by atoms with Gasteiger partial charge in [-0.1, -0.05) is 18.2 Å². The van der Waals surface area contributed by atoms with E-state index in [0.29, 0.717) is 11.1 Å². The molecule has 0 fully saturated rings. The predicted molar refractivity (Wildman–Crippen MR) is 70.6 cm³/mol. The Morgan fingerprint density at radius 1 is 1.00 bits per heavy atom. The van der Waals surface area contributed by atoms with E-state index in [1.54, 1.807) is 10.9 Å². The fourth-order valence-electron chi connectivity index (χ4n) is 1.94. The number of aromatic hydroxyl groups is 1. The third-order valence-electron chi connectivity index (χ3n) is 2.95. The Morgan fingerprint density at radius 3 is 2.45 bits per heavy atom. The van der Waals surface area contributed by atoms with Crippen LogP contribution in [0.3, 0.4) is 0 Å². The van der Waals surface area contributed by atoms with Crippen molar-refractivity contribution in [3.63, 3.8) is 0 Å². The molecule has 0 aliphatic rings. The van der Waals surface area contributed by atoms with Crippen molar-refractivity contribution in [2.75, 3.05) is 0 Å². The standard InChI is InChI=1S/C15H10F2N2O/c16-13-6-10(7-14(20)15(13)17)11-8-18-19(9-11)12-4-2-1-3-5-12/h1-9,20H. The molecule has 1 heterocycles. The van der Waals surface area contributed by atoms with Crippen molar-refractivity contribution in [3.8, 4) is 22.6 Å². The minimum absolute atomic E-state index is 0.364. The van der Waals surface area contributed by atoms with Crippen molar-refractivity contribution in [1.29, 1.82) is 0 Å². The zero-order chi connectivity index (χ0) is 14.1. The fourth-order valence-corrected chi connectivity index (χ4v) is 1.94. The van der Waals surface area contributed by atoms with Crippen LogP contribution in [-0.2, 0) is 0 Å². The summed E-state index contributed by atoms with van der Waals surface area (Å²) in [6, 6.07) is 11.6. The maximum Gasteiger partial charge on any atom is 0.200 e. The first-order chi connectivity index (χ1) is 9.65. The Kier molecular flexibility index (Phi) is 2.95. The van der Waals surface area contributed by atoms with Gasteiger partial charge in [0.1, 0.15) is 0 Å². The molecule has 0 amide bonds. The highest BCUT2D eigenvalue weighted by Crippen LogP contribution is 2.28. The van der Waals surface area contributed by atoms with Gasteiger partial charge in [-0.05, 0) is 29.8 Å². The first-order valence-corrected chi connectivity index (χ1v) is 5.93. The number of halogens is 2. The number of para-hydroxylation sites is 1. The maximum absolute atomic E-state index is 13.3. The molecule has 0 unspecified atom stereocenters. The Bertz CT molecular complexity index is 731. The average Bonchev–Trinajstić information content (AvgIpc) is 2.95. The zero-order valence-electron chi connectivity index (χ0n) is 10.3. The van der Waals surface area contributed by atoms with E-state index >= 15 is 0 Å². The summed E-state index contributed by atoms with van der Waals surface area (Å²) < 4.78 is 28.0. The lowest BCUT2D eigenvalue weighted by Crippen LogP contribution is -1.92. The van der Waals surface area contributed by atoms with Gasteiger partial charge in [-0.3, -0.25) is 0 Å². The van der Waals surface area contributed by atoms with E-state index in [9.17, 15) is 13.9 Å². The van der Waals surface area contributed by atoms with E-state index in [0.717, 1.165) is 11.8 Å². The van der Waals surface area contributed by atoms with Gasteiger partial charge in [0.25, 0.3) is 0 Å². The van der Waals surface area contributed by atoms with Gasteiger partial charge in [-0.25, -0.2) is 9.07 Å². The lowest BCUT2D eigenvalue weighted by Gasteiger charge is -2.02. The molecular weight excluding hydrogens is 262 g/mol. The van der Waals surface area contributed by atoms with Gasteiger partial charge in [-0.15, -0.1) is 0 Å². The summed E-state index contributed by atoms with van der Waals surface area (Å²) >= 11 is 0. The van der Waals surface area contributed by atoms with Crippen molar-refractivity contribution >= 4 is 0 Å². The summed E-state index contributed by atoms with van der Waals surface area (Å²) in [7, 11) is 0. The predicted octanol–water partition coefficient (Wildman–Crippen LogP) is 3.52. The molecule has 100 valence electrons. The molecule has 0 bridgehead atoms. The molecule has 0 aliphatic carbocycles. The van der Waals surface area contributed by atoms with Crippen LogP contribution < -0.4 is 0 Å². The third-order valence-corrected chi connectivity index (χ3v) is 2.95. The summed E-state index contributed by atoms with van der Waals surface area (Å²) in [6.45, 7) is 0. The molecule has 20 heavy (non-hydrogen) atoms. The molecule has 0 aliphatic heterocycles. The third kappa shape index (κ3) is 2.14. The highest BCUT2D eigenvalue weighted by atomic mass is 19.2. The van der Waals surface area contributed by atoms with E-state index in [1.807, 2.05) is 30.3 Å². The molecule has 0 saturated carbocycles. The van der Waals surface area contributed by atoms with Gasteiger partial charge in [0.05, 0.1) is 11.9 Å². The number of aromatic nitrogens is 2. The second kappa shape index (κ2) is 4.77. The number of rotatable bonds is 2. The average molecular weight is 272 g/mol. The van der Waals surface area contributed by atoms with E-state index in [4.69, 9.17) is 0 Å². The summed E-state index contributed by atoms with van der Waals surface area (Å²) in [5, 5.41) is 13.5.